The highest BCUT2D eigenvalue weighted by molar-refractivity contribution is 6.30. The minimum Gasteiger partial charge on any atom is -0.492 e. The fourth-order valence-electron chi connectivity index (χ4n) is 2.98. The van der Waals surface area contributed by atoms with Crippen molar-refractivity contribution in [2.24, 2.45) is 5.92 Å². The highest BCUT2D eigenvalue weighted by Gasteiger charge is 2.28. The molecule has 1 amide bonds. The summed E-state index contributed by atoms with van der Waals surface area (Å²) < 4.78 is 10.5. The van der Waals surface area contributed by atoms with Crippen LogP contribution in [0.25, 0.3) is 0 Å². The molecule has 3 rings (SSSR count). The van der Waals surface area contributed by atoms with Gasteiger partial charge in [0, 0.05) is 5.02 Å². The number of rotatable bonds is 5. The largest absolute Gasteiger partial charge is 0.492 e. The molecule has 0 bridgehead atoms. The van der Waals surface area contributed by atoms with E-state index in [9.17, 15) is 9.59 Å². The molecule has 1 aliphatic rings. The molecule has 0 fully saturated rings. The van der Waals surface area contributed by atoms with Gasteiger partial charge in [-0.15, -0.1) is 0 Å². The van der Waals surface area contributed by atoms with Gasteiger partial charge in [-0.25, -0.2) is 0 Å². The molecule has 1 aliphatic heterocycles. The van der Waals surface area contributed by atoms with E-state index in [0.717, 1.165) is 16.9 Å². The van der Waals surface area contributed by atoms with Crippen molar-refractivity contribution >= 4 is 23.5 Å². The van der Waals surface area contributed by atoms with E-state index in [1.165, 1.54) is 7.11 Å². The molecule has 2 aromatic carbocycles. The lowest BCUT2D eigenvalue weighted by Gasteiger charge is -2.27. The summed E-state index contributed by atoms with van der Waals surface area (Å²) in [7, 11) is 1.33. The van der Waals surface area contributed by atoms with Crippen LogP contribution in [0.4, 0.5) is 0 Å². The maximum atomic E-state index is 12.8. The number of hydrogen-bond acceptors (Lipinski definition) is 4. The van der Waals surface area contributed by atoms with Crippen molar-refractivity contribution in [2.45, 2.75) is 18.9 Å². The summed E-state index contributed by atoms with van der Waals surface area (Å²) in [6.07, 6.45) is 0.654. The zero-order valence-corrected chi connectivity index (χ0v) is 15.2. The van der Waals surface area contributed by atoms with Crippen molar-refractivity contribution in [2.75, 3.05) is 13.7 Å². The molecule has 136 valence electrons. The Morgan fingerprint density at radius 1 is 1.23 bits per heavy atom. The van der Waals surface area contributed by atoms with Crippen molar-refractivity contribution in [3.63, 3.8) is 0 Å². The predicted molar refractivity (Wildman–Crippen MR) is 98.1 cm³/mol. The second-order valence-corrected chi connectivity index (χ2v) is 6.65. The van der Waals surface area contributed by atoms with E-state index in [1.54, 1.807) is 24.3 Å². The summed E-state index contributed by atoms with van der Waals surface area (Å²) in [6.45, 7) is 0.314. The van der Waals surface area contributed by atoms with Crippen LogP contribution in [0, 0.1) is 5.92 Å². The minimum absolute atomic E-state index is 0.0496. The third-order valence-corrected chi connectivity index (χ3v) is 4.69. The van der Waals surface area contributed by atoms with Crippen LogP contribution in [0.1, 0.15) is 23.6 Å². The SMILES string of the molecule is COC(=O)CC(NC(=O)C1COc2ccccc2C1)c1ccc(Cl)cc1. The van der Waals surface area contributed by atoms with Crippen LogP contribution < -0.4 is 10.1 Å². The van der Waals surface area contributed by atoms with E-state index in [1.807, 2.05) is 24.3 Å². The van der Waals surface area contributed by atoms with E-state index in [-0.39, 0.29) is 18.2 Å². The lowest BCUT2D eigenvalue weighted by Crippen LogP contribution is -2.40. The summed E-state index contributed by atoms with van der Waals surface area (Å²) in [5, 5.41) is 3.55. The Morgan fingerprint density at radius 3 is 2.69 bits per heavy atom. The molecule has 0 radical (unpaired) electrons. The number of carbonyl (C=O) groups excluding carboxylic acids is 2. The number of halogens is 1. The summed E-state index contributed by atoms with van der Waals surface area (Å²) in [5.74, 6) is -0.0310. The van der Waals surface area contributed by atoms with Crippen LogP contribution in [0.2, 0.25) is 5.02 Å². The number of nitrogens with one attached hydrogen (secondary N) is 1. The molecule has 0 aromatic heterocycles. The highest BCUT2D eigenvalue weighted by Crippen LogP contribution is 2.28. The van der Waals surface area contributed by atoms with Gasteiger partial charge in [0.25, 0.3) is 0 Å². The number of ether oxygens (including phenoxy) is 2. The number of amides is 1. The highest BCUT2D eigenvalue weighted by atomic mass is 35.5. The maximum absolute atomic E-state index is 12.8. The number of esters is 1. The molecule has 0 aliphatic carbocycles. The van der Waals surface area contributed by atoms with Gasteiger partial charge in [0.05, 0.1) is 25.5 Å². The molecule has 2 atom stereocenters. The number of methoxy groups -OCH3 is 1. The van der Waals surface area contributed by atoms with Crippen molar-refractivity contribution < 1.29 is 19.1 Å². The van der Waals surface area contributed by atoms with Crippen LogP contribution in [0.3, 0.4) is 0 Å². The Morgan fingerprint density at radius 2 is 1.96 bits per heavy atom. The van der Waals surface area contributed by atoms with Crippen LogP contribution >= 0.6 is 11.6 Å². The van der Waals surface area contributed by atoms with E-state index in [2.05, 4.69) is 5.32 Å². The average molecular weight is 374 g/mol. The molecule has 5 nitrogen and oxygen atoms in total. The third kappa shape index (κ3) is 4.35. The van der Waals surface area contributed by atoms with Gasteiger partial charge in [-0.05, 0) is 35.7 Å². The molecule has 2 aromatic rings. The average Bonchev–Trinajstić information content (AvgIpc) is 2.67. The van der Waals surface area contributed by atoms with Gasteiger partial charge in [0.15, 0.2) is 0 Å². The fraction of sp³-hybridized carbons (Fsp3) is 0.300. The molecule has 1 heterocycles. The van der Waals surface area contributed by atoms with Gasteiger partial charge in [-0.1, -0.05) is 41.9 Å². The lowest BCUT2D eigenvalue weighted by atomic mass is 9.95. The lowest BCUT2D eigenvalue weighted by molar-refractivity contribution is -0.141. The Balaban J connectivity index is 1.73. The van der Waals surface area contributed by atoms with Gasteiger partial charge in [-0.3, -0.25) is 9.59 Å². The van der Waals surface area contributed by atoms with Crippen molar-refractivity contribution in [1.29, 1.82) is 0 Å². The van der Waals surface area contributed by atoms with E-state index in [4.69, 9.17) is 21.1 Å². The van der Waals surface area contributed by atoms with E-state index >= 15 is 0 Å². The number of para-hydroxylation sites is 1. The zero-order valence-electron chi connectivity index (χ0n) is 14.4. The third-order valence-electron chi connectivity index (χ3n) is 4.44. The standard InChI is InChI=1S/C20H20ClNO4/c1-25-19(23)11-17(13-6-8-16(21)9-7-13)22-20(24)15-10-14-4-2-3-5-18(14)26-12-15/h2-9,15,17H,10-12H2,1H3,(H,22,24). The first kappa shape index (κ1) is 18.3. The number of hydrogen-bond donors (Lipinski definition) is 1. The number of carbonyl (C=O) groups is 2. The molecule has 0 saturated heterocycles. The quantitative estimate of drug-likeness (QED) is 0.816. The summed E-state index contributed by atoms with van der Waals surface area (Å²) in [6, 6.07) is 14.3. The monoisotopic (exact) mass is 373 g/mol. The van der Waals surface area contributed by atoms with Crippen LogP contribution in [-0.4, -0.2) is 25.6 Å². The normalized spacial score (nSPS) is 16.8. The summed E-state index contributed by atoms with van der Waals surface area (Å²) in [4.78, 5) is 24.5. The Bertz CT molecular complexity index is 791. The minimum atomic E-state index is -0.482. The van der Waals surface area contributed by atoms with Crippen molar-refractivity contribution in [1.82, 2.24) is 5.32 Å². The van der Waals surface area contributed by atoms with Gasteiger partial charge in [0.1, 0.15) is 12.4 Å². The predicted octanol–water partition coefficient (Wildman–Crippen LogP) is 3.31. The molecule has 0 spiro atoms. The molecule has 26 heavy (non-hydrogen) atoms. The van der Waals surface area contributed by atoms with Gasteiger partial charge in [-0.2, -0.15) is 0 Å². The summed E-state index contributed by atoms with van der Waals surface area (Å²) >= 11 is 5.93. The molecule has 0 saturated carbocycles. The molecule has 2 unspecified atom stereocenters. The van der Waals surface area contributed by atoms with Crippen molar-refractivity contribution in [3.8, 4) is 5.75 Å². The Kier molecular flexibility index (Phi) is 5.78. The zero-order chi connectivity index (χ0) is 18.5. The van der Waals surface area contributed by atoms with Gasteiger partial charge < -0.3 is 14.8 Å². The first-order valence-corrected chi connectivity index (χ1v) is 8.78. The number of benzene rings is 2. The molecule has 1 N–H and O–H groups in total. The second kappa shape index (κ2) is 8.23. The maximum Gasteiger partial charge on any atom is 0.307 e. The van der Waals surface area contributed by atoms with Crippen LogP contribution in [0.5, 0.6) is 5.75 Å². The van der Waals surface area contributed by atoms with Crippen LogP contribution in [0.15, 0.2) is 48.5 Å². The molecule has 6 heteroatoms. The van der Waals surface area contributed by atoms with Crippen LogP contribution in [-0.2, 0) is 20.7 Å². The van der Waals surface area contributed by atoms with Gasteiger partial charge in [0.2, 0.25) is 5.91 Å². The summed E-state index contributed by atoms with van der Waals surface area (Å²) in [5.41, 5.74) is 1.81. The fourth-order valence-corrected chi connectivity index (χ4v) is 3.11. The second-order valence-electron chi connectivity index (χ2n) is 6.21. The number of fused-ring (bicyclic) bond motifs is 1. The van der Waals surface area contributed by atoms with Crippen molar-refractivity contribution in [3.05, 3.63) is 64.7 Å². The first-order valence-electron chi connectivity index (χ1n) is 8.40. The Hall–Kier alpha value is -2.53. The van der Waals surface area contributed by atoms with E-state index < -0.39 is 12.0 Å². The first-order chi connectivity index (χ1) is 12.6. The van der Waals surface area contributed by atoms with Gasteiger partial charge >= 0.3 is 5.97 Å². The molecular formula is C20H20ClNO4. The Labute approximate surface area is 157 Å². The van der Waals surface area contributed by atoms with E-state index in [0.29, 0.717) is 18.1 Å². The smallest absolute Gasteiger partial charge is 0.307 e. The topological polar surface area (TPSA) is 64.6 Å². The molecular weight excluding hydrogens is 354 g/mol.